The molecule has 0 aliphatic rings. The summed E-state index contributed by atoms with van der Waals surface area (Å²) in [6, 6.07) is 1.35. The number of nitrogens with one attached hydrogen (secondary N) is 1. The molecule has 0 radical (unpaired) electrons. The second kappa shape index (κ2) is 5.12. The van der Waals surface area contributed by atoms with Crippen molar-refractivity contribution in [2.24, 2.45) is 0 Å². The lowest BCUT2D eigenvalue weighted by Gasteiger charge is -2.22. The maximum atomic E-state index is 12.0. The van der Waals surface area contributed by atoms with Crippen molar-refractivity contribution in [1.82, 2.24) is 4.72 Å². The van der Waals surface area contributed by atoms with Crippen LogP contribution in [0.4, 0.5) is 0 Å². The zero-order valence-corrected chi connectivity index (χ0v) is 13.3. The molecular weight excluding hydrogens is 357 g/mol. The molecule has 0 saturated carbocycles. The minimum atomic E-state index is -3.63. The van der Waals surface area contributed by atoms with Crippen molar-refractivity contribution in [2.45, 2.75) is 24.3 Å². The molecule has 0 saturated heterocycles. The van der Waals surface area contributed by atoms with Gasteiger partial charge in [0.05, 0.1) is 4.34 Å². The van der Waals surface area contributed by atoms with Gasteiger partial charge in [-0.2, -0.15) is 0 Å². The maximum Gasteiger partial charge on any atom is 0.243 e. The van der Waals surface area contributed by atoms with Gasteiger partial charge in [0.2, 0.25) is 10.0 Å². The Morgan fingerprint density at radius 1 is 1.50 bits per heavy atom. The third-order valence-electron chi connectivity index (χ3n) is 1.66. The van der Waals surface area contributed by atoms with Crippen LogP contribution in [0.25, 0.3) is 0 Å². The highest BCUT2D eigenvalue weighted by Crippen LogP contribution is 2.34. The number of hydrogen-bond donors (Lipinski definition) is 1. The minimum Gasteiger partial charge on any atom is -0.207 e. The molecule has 0 atom stereocenters. The predicted octanol–water partition coefficient (Wildman–Crippen LogP) is 3.51. The summed E-state index contributed by atoms with van der Waals surface area (Å²) >= 11 is 15.8. The Morgan fingerprint density at radius 2 is 2.06 bits per heavy atom. The second-order valence-electron chi connectivity index (χ2n) is 3.81. The molecule has 3 nitrogen and oxygen atoms in total. The first-order chi connectivity index (χ1) is 7.18. The zero-order chi connectivity index (χ0) is 12.6. The normalized spacial score (nSPS) is 13.1. The van der Waals surface area contributed by atoms with E-state index < -0.39 is 15.6 Å². The second-order valence-corrected chi connectivity index (χ2v) is 8.31. The van der Waals surface area contributed by atoms with Gasteiger partial charge in [-0.15, -0.1) is 11.3 Å². The molecule has 0 amide bonds. The van der Waals surface area contributed by atoms with Crippen LogP contribution in [0.15, 0.2) is 11.0 Å². The molecule has 1 aromatic rings. The van der Waals surface area contributed by atoms with E-state index in [1.54, 1.807) is 13.8 Å². The Kier molecular flexibility index (Phi) is 4.71. The van der Waals surface area contributed by atoms with Gasteiger partial charge in [0, 0.05) is 10.9 Å². The molecular formula is C8H10BrCl2NO2S2. The summed E-state index contributed by atoms with van der Waals surface area (Å²) in [4.78, 5) is 0.0261. The highest BCUT2D eigenvalue weighted by molar-refractivity contribution is 9.09. The Bertz CT molecular complexity index is 484. The van der Waals surface area contributed by atoms with Crippen LogP contribution in [0.5, 0.6) is 0 Å². The van der Waals surface area contributed by atoms with Gasteiger partial charge in [-0.1, -0.05) is 39.1 Å². The smallest absolute Gasteiger partial charge is 0.207 e. The molecule has 0 bridgehead atoms. The van der Waals surface area contributed by atoms with E-state index in [0.29, 0.717) is 9.67 Å². The first-order valence-corrected chi connectivity index (χ1v) is 8.40. The van der Waals surface area contributed by atoms with Crippen LogP contribution in [0.2, 0.25) is 8.67 Å². The molecule has 1 aromatic heterocycles. The van der Waals surface area contributed by atoms with Gasteiger partial charge < -0.3 is 0 Å². The summed E-state index contributed by atoms with van der Waals surface area (Å²) < 4.78 is 27.0. The average Bonchev–Trinajstić information content (AvgIpc) is 2.44. The van der Waals surface area contributed by atoms with Gasteiger partial charge in [0.1, 0.15) is 9.23 Å². The van der Waals surface area contributed by atoms with Crippen molar-refractivity contribution in [1.29, 1.82) is 0 Å². The summed E-state index contributed by atoms with van der Waals surface area (Å²) in [6.07, 6.45) is 0. The van der Waals surface area contributed by atoms with Crippen molar-refractivity contribution in [3.05, 3.63) is 14.7 Å². The number of rotatable bonds is 4. The van der Waals surface area contributed by atoms with E-state index >= 15 is 0 Å². The number of halogens is 3. The van der Waals surface area contributed by atoms with Crippen LogP contribution < -0.4 is 4.72 Å². The van der Waals surface area contributed by atoms with Crippen molar-refractivity contribution in [2.75, 3.05) is 5.33 Å². The zero-order valence-electron chi connectivity index (χ0n) is 8.55. The Labute approximate surface area is 117 Å². The fraction of sp³-hybridized carbons (Fsp3) is 0.500. The summed E-state index contributed by atoms with van der Waals surface area (Å²) in [7, 11) is -3.63. The molecule has 0 aliphatic carbocycles. The van der Waals surface area contributed by atoms with E-state index in [1.807, 2.05) is 0 Å². The highest BCUT2D eigenvalue weighted by atomic mass is 79.9. The van der Waals surface area contributed by atoms with Crippen molar-refractivity contribution in [3.63, 3.8) is 0 Å². The molecule has 0 unspecified atom stereocenters. The van der Waals surface area contributed by atoms with Gasteiger partial charge in [-0.25, -0.2) is 13.1 Å². The molecule has 8 heteroatoms. The van der Waals surface area contributed by atoms with Gasteiger partial charge in [-0.05, 0) is 19.9 Å². The van der Waals surface area contributed by atoms with Crippen LogP contribution in [0, 0.1) is 0 Å². The Morgan fingerprint density at radius 3 is 2.44 bits per heavy atom. The summed E-state index contributed by atoms with van der Waals surface area (Å²) in [5.41, 5.74) is -0.587. The fourth-order valence-electron chi connectivity index (χ4n) is 0.954. The third-order valence-corrected chi connectivity index (χ3v) is 6.51. The SMILES string of the molecule is CC(C)(CBr)NS(=O)(=O)c1cc(Cl)sc1Cl. The molecule has 1 N–H and O–H groups in total. The van der Waals surface area contributed by atoms with Crippen LogP contribution in [0.1, 0.15) is 13.8 Å². The molecule has 0 spiro atoms. The summed E-state index contributed by atoms with van der Waals surface area (Å²) in [5, 5.41) is 0.495. The number of thiophene rings is 1. The third kappa shape index (κ3) is 3.58. The largest absolute Gasteiger partial charge is 0.243 e. The molecule has 0 fully saturated rings. The summed E-state index contributed by atoms with van der Waals surface area (Å²) in [5.74, 6) is 0. The molecule has 0 aromatic carbocycles. The standard InChI is InChI=1S/C8H10BrCl2NO2S2/c1-8(2,4-9)12-16(13,14)5-3-6(10)15-7(5)11/h3,12H,4H2,1-2H3. The highest BCUT2D eigenvalue weighted by Gasteiger charge is 2.28. The Hall–Kier alpha value is 0.670. The molecule has 1 rings (SSSR count). The molecule has 0 aliphatic heterocycles. The maximum absolute atomic E-state index is 12.0. The predicted molar refractivity (Wildman–Crippen MR) is 72.5 cm³/mol. The van der Waals surface area contributed by atoms with Crippen molar-refractivity contribution in [3.8, 4) is 0 Å². The van der Waals surface area contributed by atoms with Gasteiger partial charge in [-0.3, -0.25) is 0 Å². The van der Waals surface area contributed by atoms with Crippen LogP contribution in [-0.4, -0.2) is 19.3 Å². The van der Waals surface area contributed by atoms with E-state index in [1.165, 1.54) is 6.07 Å². The van der Waals surface area contributed by atoms with E-state index in [-0.39, 0.29) is 9.23 Å². The first-order valence-electron chi connectivity index (χ1n) is 4.23. The number of sulfonamides is 1. The monoisotopic (exact) mass is 365 g/mol. The summed E-state index contributed by atoms with van der Waals surface area (Å²) in [6.45, 7) is 3.53. The quantitative estimate of drug-likeness (QED) is 0.828. The fourth-order valence-corrected chi connectivity index (χ4v) is 4.84. The van der Waals surface area contributed by atoms with Gasteiger partial charge in [0.15, 0.2) is 0 Å². The lowest BCUT2D eigenvalue weighted by molar-refractivity contribution is 0.501. The van der Waals surface area contributed by atoms with E-state index in [0.717, 1.165) is 11.3 Å². The average molecular weight is 367 g/mol. The first kappa shape index (κ1) is 14.7. The Balaban J connectivity index is 3.09. The molecule has 92 valence electrons. The van der Waals surface area contributed by atoms with Crippen molar-refractivity contribution >= 4 is 60.5 Å². The number of hydrogen-bond acceptors (Lipinski definition) is 3. The van der Waals surface area contributed by atoms with E-state index in [9.17, 15) is 8.42 Å². The molecule has 1 heterocycles. The van der Waals surface area contributed by atoms with Crippen LogP contribution in [-0.2, 0) is 10.0 Å². The lowest BCUT2D eigenvalue weighted by atomic mass is 10.1. The number of alkyl halides is 1. The topological polar surface area (TPSA) is 46.2 Å². The van der Waals surface area contributed by atoms with Crippen LogP contribution >= 0.6 is 50.5 Å². The lowest BCUT2D eigenvalue weighted by Crippen LogP contribution is -2.44. The van der Waals surface area contributed by atoms with E-state index in [2.05, 4.69) is 20.7 Å². The molecule has 16 heavy (non-hydrogen) atoms. The van der Waals surface area contributed by atoms with Crippen molar-refractivity contribution < 1.29 is 8.42 Å². The van der Waals surface area contributed by atoms with E-state index in [4.69, 9.17) is 23.2 Å². The van der Waals surface area contributed by atoms with Crippen LogP contribution in [0.3, 0.4) is 0 Å². The van der Waals surface area contributed by atoms with Gasteiger partial charge >= 0.3 is 0 Å². The van der Waals surface area contributed by atoms with Gasteiger partial charge in [0.25, 0.3) is 0 Å². The minimum absolute atomic E-state index is 0.0261.